The Bertz CT molecular complexity index is 222. The maximum atomic E-state index is 11.9. The summed E-state index contributed by atoms with van der Waals surface area (Å²) in [5.74, 6) is 0.178. The highest BCUT2D eigenvalue weighted by Crippen LogP contribution is 2.31. The van der Waals surface area contributed by atoms with Crippen molar-refractivity contribution < 1.29 is 14.3 Å². The predicted octanol–water partition coefficient (Wildman–Crippen LogP) is 3.27. The molecule has 0 aromatic rings. The summed E-state index contributed by atoms with van der Waals surface area (Å²) in [6.07, 6.45) is 0.932. The van der Waals surface area contributed by atoms with Gasteiger partial charge in [-0.05, 0) is 18.3 Å². The van der Waals surface area contributed by atoms with E-state index in [0.717, 1.165) is 6.42 Å². The maximum Gasteiger partial charge on any atom is 0.311 e. The van der Waals surface area contributed by atoms with Crippen molar-refractivity contribution in [2.75, 3.05) is 19.8 Å². The van der Waals surface area contributed by atoms with Crippen LogP contribution in [0.4, 0.5) is 0 Å². The molecule has 0 fully saturated rings. The fourth-order valence-electron chi connectivity index (χ4n) is 1.52. The molecular formula is C14H28O3. The molecule has 0 radical (unpaired) electrons. The minimum atomic E-state index is -0.175. The lowest BCUT2D eigenvalue weighted by atomic mass is 9.77. The molecule has 0 aliphatic rings. The molecule has 17 heavy (non-hydrogen) atoms. The summed E-state index contributed by atoms with van der Waals surface area (Å²) in [6.45, 7) is 13.9. The third-order valence-electron chi connectivity index (χ3n) is 3.16. The van der Waals surface area contributed by atoms with Crippen LogP contribution in [0.1, 0.15) is 48.0 Å². The fourth-order valence-corrected chi connectivity index (χ4v) is 1.52. The van der Waals surface area contributed by atoms with Gasteiger partial charge in [-0.3, -0.25) is 4.79 Å². The number of ether oxygens (including phenoxy) is 2. The molecule has 1 unspecified atom stereocenters. The van der Waals surface area contributed by atoms with Gasteiger partial charge in [0.1, 0.15) is 0 Å². The summed E-state index contributed by atoms with van der Waals surface area (Å²) in [5.41, 5.74) is -0.0801. The Labute approximate surface area is 106 Å². The summed E-state index contributed by atoms with van der Waals surface area (Å²) in [5, 5.41) is 0. The Morgan fingerprint density at radius 1 is 1.18 bits per heavy atom. The van der Waals surface area contributed by atoms with Crippen molar-refractivity contribution in [1.29, 1.82) is 0 Å². The second kappa shape index (κ2) is 7.70. The molecule has 0 rings (SSSR count). The van der Waals surface area contributed by atoms with E-state index in [1.54, 1.807) is 0 Å². The zero-order valence-electron chi connectivity index (χ0n) is 12.2. The van der Waals surface area contributed by atoms with Crippen LogP contribution in [0, 0.1) is 17.3 Å². The lowest BCUT2D eigenvalue weighted by molar-refractivity contribution is -0.155. The van der Waals surface area contributed by atoms with Gasteiger partial charge in [-0.25, -0.2) is 0 Å². The highest BCUT2D eigenvalue weighted by Gasteiger charge is 2.35. The number of carbonyl (C=O) groups is 1. The first kappa shape index (κ1) is 16.4. The van der Waals surface area contributed by atoms with Crippen LogP contribution in [0.15, 0.2) is 0 Å². The molecule has 3 heteroatoms. The van der Waals surface area contributed by atoms with E-state index in [9.17, 15) is 4.79 Å². The first-order valence-corrected chi connectivity index (χ1v) is 6.59. The molecule has 0 aliphatic carbocycles. The molecule has 0 heterocycles. The minimum Gasteiger partial charge on any atom is -0.466 e. The van der Waals surface area contributed by atoms with Gasteiger partial charge in [0.2, 0.25) is 0 Å². The van der Waals surface area contributed by atoms with Crippen LogP contribution < -0.4 is 0 Å². The highest BCUT2D eigenvalue weighted by molar-refractivity contribution is 5.73. The molecule has 0 saturated heterocycles. The number of rotatable bonds is 8. The van der Waals surface area contributed by atoms with E-state index in [4.69, 9.17) is 9.47 Å². The third kappa shape index (κ3) is 6.06. The first-order chi connectivity index (χ1) is 7.85. The quantitative estimate of drug-likeness (QED) is 0.615. The topological polar surface area (TPSA) is 35.5 Å². The SMILES string of the molecule is CCOC(=O)C(COCC(C)C)C(C)(C)CC. The zero-order chi connectivity index (χ0) is 13.5. The minimum absolute atomic E-state index is 0.0801. The van der Waals surface area contributed by atoms with Gasteiger partial charge >= 0.3 is 5.97 Å². The number of esters is 1. The van der Waals surface area contributed by atoms with Crippen LogP contribution in [0.2, 0.25) is 0 Å². The van der Waals surface area contributed by atoms with Gasteiger partial charge in [-0.1, -0.05) is 41.0 Å². The molecule has 3 nitrogen and oxygen atoms in total. The normalized spacial score (nSPS) is 13.8. The second-order valence-electron chi connectivity index (χ2n) is 5.58. The van der Waals surface area contributed by atoms with Gasteiger partial charge in [0, 0.05) is 6.61 Å². The van der Waals surface area contributed by atoms with Gasteiger partial charge in [0.15, 0.2) is 0 Å². The van der Waals surface area contributed by atoms with Crippen LogP contribution in [-0.4, -0.2) is 25.8 Å². The summed E-state index contributed by atoms with van der Waals surface area (Å²) < 4.78 is 10.7. The summed E-state index contributed by atoms with van der Waals surface area (Å²) in [6, 6.07) is 0. The Balaban J connectivity index is 4.46. The van der Waals surface area contributed by atoms with Crippen LogP contribution in [0.5, 0.6) is 0 Å². The largest absolute Gasteiger partial charge is 0.466 e. The monoisotopic (exact) mass is 244 g/mol. The Morgan fingerprint density at radius 2 is 1.76 bits per heavy atom. The van der Waals surface area contributed by atoms with Crippen molar-refractivity contribution >= 4 is 5.97 Å². The van der Waals surface area contributed by atoms with E-state index < -0.39 is 0 Å². The first-order valence-electron chi connectivity index (χ1n) is 6.59. The van der Waals surface area contributed by atoms with Crippen LogP contribution >= 0.6 is 0 Å². The van der Waals surface area contributed by atoms with Gasteiger partial charge in [-0.15, -0.1) is 0 Å². The Kier molecular flexibility index (Phi) is 7.44. The van der Waals surface area contributed by atoms with E-state index in [1.807, 2.05) is 6.92 Å². The molecule has 102 valence electrons. The number of carbonyl (C=O) groups excluding carboxylic acids is 1. The number of hydrogen-bond donors (Lipinski definition) is 0. The molecule has 0 aliphatic heterocycles. The van der Waals surface area contributed by atoms with Crippen LogP contribution in [-0.2, 0) is 14.3 Å². The van der Waals surface area contributed by atoms with Crippen molar-refractivity contribution in [3.05, 3.63) is 0 Å². The third-order valence-corrected chi connectivity index (χ3v) is 3.16. The number of hydrogen-bond acceptors (Lipinski definition) is 3. The van der Waals surface area contributed by atoms with Crippen LogP contribution in [0.25, 0.3) is 0 Å². The lowest BCUT2D eigenvalue weighted by Crippen LogP contribution is -2.36. The summed E-state index contributed by atoms with van der Waals surface area (Å²) in [7, 11) is 0. The van der Waals surface area contributed by atoms with Crippen LogP contribution in [0.3, 0.4) is 0 Å². The molecule has 0 spiro atoms. The summed E-state index contributed by atoms with van der Waals surface area (Å²) >= 11 is 0. The Morgan fingerprint density at radius 3 is 2.18 bits per heavy atom. The predicted molar refractivity (Wildman–Crippen MR) is 69.9 cm³/mol. The van der Waals surface area contributed by atoms with Gasteiger partial charge < -0.3 is 9.47 Å². The highest BCUT2D eigenvalue weighted by atomic mass is 16.5. The van der Waals surface area contributed by atoms with Crippen molar-refractivity contribution in [1.82, 2.24) is 0 Å². The molecular weight excluding hydrogens is 216 g/mol. The average molecular weight is 244 g/mol. The molecule has 0 aromatic heterocycles. The fraction of sp³-hybridized carbons (Fsp3) is 0.929. The van der Waals surface area contributed by atoms with E-state index >= 15 is 0 Å². The standard InChI is InChI=1S/C14H28O3/c1-7-14(5,6)12(13(15)17-8-2)10-16-9-11(3)4/h11-12H,7-10H2,1-6H3. The van der Waals surface area contributed by atoms with Gasteiger partial charge in [-0.2, -0.15) is 0 Å². The second-order valence-corrected chi connectivity index (χ2v) is 5.58. The molecule has 0 N–H and O–H groups in total. The van der Waals surface area contributed by atoms with Gasteiger partial charge in [0.05, 0.1) is 19.1 Å². The van der Waals surface area contributed by atoms with Crippen molar-refractivity contribution in [2.45, 2.75) is 48.0 Å². The van der Waals surface area contributed by atoms with Crippen molar-refractivity contribution in [3.63, 3.8) is 0 Å². The molecule has 0 saturated carbocycles. The smallest absolute Gasteiger partial charge is 0.311 e. The van der Waals surface area contributed by atoms with Crippen molar-refractivity contribution in [2.24, 2.45) is 17.3 Å². The maximum absolute atomic E-state index is 11.9. The lowest BCUT2D eigenvalue weighted by Gasteiger charge is -2.31. The average Bonchev–Trinajstić information content (AvgIpc) is 2.24. The van der Waals surface area contributed by atoms with E-state index in [0.29, 0.717) is 25.7 Å². The van der Waals surface area contributed by atoms with E-state index in [1.165, 1.54) is 0 Å². The molecule has 1 atom stereocenters. The van der Waals surface area contributed by atoms with Crippen molar-refractivity contribution in [3.8, 4) is 0 Å². The van der Waals surface area contributed by atoms with E-state index in [2.05, 4.69) is 34.6 Å². The van der Waals surface area contributed by atoms with E-state index in [-0.39, 0.29) is 17.3 Å². The Hall–Kier alpha value is -0.570. The zero-order valence-corrected chi connectivity index (χ0v) is 12.2. The van der Waals surface area contributed by atoms with Gasteiger partial charge in [0.25, 0.3) is 0 Å². The molecule has 0 amide bonds. The molecule has 0 bridgehead atoms. The molecule has 0 aromatic carbocycles. The summed E-state index contributed by atoms with van der Waals surface area (Å²) in [4.78, 5) is 11.9.